The predicted molar refractivity (Wildman–Crippen MR) is 127 cm³/mol. The molecule has 3 aromatic rings. The van der Waals surface area contributed by atoms with E-state index in [4.69, 9.17) is 9.41 Å². The van der Waals surface area contributed by atoms with Gasteiger partial charge in [-0.05, 0) is 38.5 Å². The quantitative estimate of drug-likeness (QED) is 0.267. The Hall–Kier alpha value is -1.87. The highest BCUT2D eigenvalue weighted by atomic mass is 127. The second-order valence-electron chi connectivity index (χ2n) is 6.45. The van der Waals surface area contributed by atoms with Gasteiger partial charge in [-0.25, -0.2) is 9.98 Å². The van der Waals surface area contributed by atoms with Crippen LogP contribution in [0.15, 0.2) is 58.1 Å². The highest BCUT2D eigenvalue weighted by Gasteiger charge is 2.09. The number of benzene rings is 1. The van der Waals surface area contributed by atoms with Gasteiger partial charge in [0.2, 0.25) is 0 Å². The van der Waals surface area contributed by atoms with Crippen molar-refractivity contribution in [3.63, 3.8) is 0 Å². The summed E-state index contributed by atoms with van der Waals surface area (Å²) in [6, 6.07) is 14.4. The van der Waals surface area contributed by atoms with Crippen LogP contribution in [0.25, 0.3) is 0 Å². The SMILES string of the molecule is Cc1nc(CN=C(NCCc2ccco2)NC(C)c2ccccc2)sc1C.I. The van der Waals surface area contributed by atoms with Crippen molar-refractivity contribution < 1.29 is 4.42 Å². The van der Waals surface area contributed by atoms with E-state index >= 15 is 0 Å². The molecule has 0 aliphatic rings. The lowest BCUT2D eigenvalue weighted by molar-refractivity contribution is 0.506. The fourth-order valence-corrected chi connectivity index (χ4v) is 3.55. The molecule has 2 N–H and O–H groups in total. The number of hydrogen-bond acceptors (Lipinski definition) is 4. The summed E-state index contributed by atoms with van der Waals surface area (Å²) in [5.41, 5.74) is 2.31. The monoisotopic (exact) mass is 510 g/mol. The smallest absolute Gasteiger partial charge is 0.192 e. The van der Waals surface area contributed by atoms with Crippen LogP contribution in [0.3, 0.4) is 0 Å². The summed E-state index contributed by atoms with van der Waals surface area (Å²) in [7, 11) is 0. The molecule has 7 heteroatoms. The van der Waals surface area contributed by atoms with Gasteiger partial charge in [-0.3, -0.25) is 0 Å². The Bertz CT molecular complexity index is 842. The Morgan fingerprint density at radius 3 is 2.61 bits per heavy atom. The zero-order chi connectivity index (χ0) is 19.1. The van der Waals surface area contributed by atoms with Gasteiger partial charge < -0.3 is 15.1 Å². The van der Waals surface area contributed by atoms with E-state index in [0.717, 1.165) is 35.4 Å². The van der Waals surface area contributed by atoms with E-state index in [9.17, 15) is 0 Å². The molecule has 1 atom stereocenters. The second-order valence-corrected chi connectivity index (χ2v) is 7.73. The Balaban J connectivity index is 0.00000280. The first-order chi connectivity index (χ1) is 13.1. The van der Waals surface area contributed by atoms with Gasteiger partial charge in [-0.1, -0.05) is 30.3 Å². The minimum Gasteiger partial charge on any atom is -0.469 e. The minimum atomic E-state index is 0. The molecule has 28 heavy (non-hydrogen) atoms. The topological polar surface area (TPSA) is 62.5 Å². The van der Waals surface area contributed by atoms with Crippen molar-refractivity contribution in [1.82, 2.24) is 15.6 Å². The van der Waals surface area contributed by atoms with Crippen LogP contribution in [0.4, 0.5) is 0 Å². The van der Waals surface area contributed by atoms with Crippen molar-refractivity contribution in [2.24, 2.45) is 4.99 Å². The van der Waals surface area contributed by atoms with Gasteiger partial charge in [-0.15, -0.1) is 35.3 Å². The molecule has 0 saturated heterocycles. The first-order valence-electron chi connectivity index (χ1n) is 9.17. The van der Waals surface area contributed by atoms with Gasteiger partial charge in [0.1, 0.15) is 10.8 Å². The van der Waals surface area contributed by atoms with Crippen LogP contribution in [0.1, 0.15) is 39.9 Å². The maximum absolute atomic E-state index is 5.40. The molecule has 2 aromatic heterocycles. The normalized spacial score (nSPS) is 12.3. The minimum absolute atomic E-state index is 0. The molecule has 0 amide bonds. The molecule has 3 rings (SSSR count). The third-order valence-corrected chi connectivity index (χ3v) is 5.40. The lowest BCUT2D eigenvalue weighted by Crippen LogP contribution is -2.39. The number of hydrogen-bond donors (Lipinski definition) is 2. The molecule has 5 nitrogen and oxygen atoms in total. The summed E-state index contributed by atoms with van der Waals surface area (Å²) in [6.07, 6.45) is 2.51. The van der Waals surface area contributed by atoms with E-state index in [1.807, 2.05) is 25.1 Å². The van der Waals surface area contributed by atoms with E-state index in [-0.39, 0.29) is 30.0 Å². The number of furan rings is 1. The third-order valence-electron chi connectivity index (χ3n) is 4.34. The molecule has 0 fully saturated rings. The number of aryl methyl sites for hydroxylation is 2. The number of nitrogens with one attached hydrogen (secondary N) is 2. The molecule has 0 radical (unpaired) electrons. The zero-order valence-corrected chi connectivity index (χ0v) is 19.6. The van der Waals surface area contributed by atoms with E-state index < -0.39 is 0 Å². The molecule has 0 spiro atoms. The lowest BCUT2D eigenvalue weighted by atomic mass is 10.1. The average Bonchev–Trinajstić information content (AvgIpc) is 3.30. The number of rotatable bonds is 7. The lowest BCUT2D eigenvalue weighted by Gasteiger charge is -2.18. The average molecular weight is 510 g/mol. The van der Waals surface area contributed by atoms with E-state index in [0.29, 0.717) is 6.54 Å². The first kappa shape index (κ1) is 22.4. The van der Waals surface area contributed by atoms with Crippen molar-refractivity contribution in [1.29, 1.82) is 0 Å². The number of aliphatic imine (C=N–C) groups is 1. The summed E-state index contributed by atoms with van der Waals surface area (Å²) >= 11 is 1.70. The highest BCUT2D eigenvalue weighted by molar-refractivity contribution is 14.0. The highest BCUT2D eigenvalue weighted by Crippen LogP contribution is 2.17. The molecule has 2 heterocycles. The largest absolute Gasteiger partial charge is 0.469 e. The zero-order valence-electron chi connectivity index (χ0n) is 16.4. The van der Waals surface area contributed by atoms with Crippen LogP contribution >= 0.6 is 35.3 Å². The van der Waals surface area contributed by atoms with Crippen LogP contribution < -0.4 is 10.6 Å². The number of nitrogens with zero attached hydrogens (tertiary/aromatic N) is 2. The van der Waals surface area contributed by atoms with Gasteiger partial charge >= 0.3 is 0 Å². The Kier molecular flexibility index (Phi) is 8.98. The molecule has 150 valence electrons. The Morgan fingerprint density at radius 1 is 1.18 bits per heavy atom. The van der Waals surface area contributed by atoms with Gasteiger partial charge in [0.05, 0.1) is 24.5 Å². The van der Waals surface area contributed by atoms with Crippen LogP contribution in [0, 0.1) is 13.8 Å². The van der Waals surface area contributed by atoms with E-state index in [2.05, 4.69) is 53.7 Å². The molecule has 1 unspecified atom stereocenters. The van der Waals surface area contributed by atoms with Crippen LogP contribution in [-0.2, 0) is 13.0 Å². The fourth-order valence-electron chi connectivity index (χ4n) is 2.70. The number of aromatic nitrogens is 1. The molecule has 1 aromatic carbocycles. The van der Waals surface area contributed by atoms with Gasteiger partial charge in [0, 0.05) is 17.8 Å². The summed E-state index contributed by atoms with van der Waals surface area (Å²) in [5, 5.41) is 7.93. The van der Waals surface area contributed by atoms with Crippen LogP contribution in [-0.4, -0.2) is 17.5 Å². The van der Waals surface area contributed by atoms with E-state index in [1.54, 1.807) is 17.6 Å². The van der Waals surface area contributed by atoms with Crippen molar-refractivity contribution >= 4 is 41.3 Å². The number of guanidine groups is 1. The van der Waals surface area contributed by atoms with Crippen molar-refractivity contribution in [2.75, 3.05) is 6.54 Å². The second kappa shape index (κ2) is 11.2. The number of halogens is 1. The Morgan fingerprint density at radius 2 is 1.96 bits per heavy atom. The first-order valence-corrected chi connectivity index (χ1v) is 9.98. The van der Waals surface area contributed by atoms with Gasteiger partial charge in [0.25, 0.3) is 0 Å². The summed E-state index contributed by atoms with van der Waals surface area (Å²) in [5.74, 6) is 1.74. The molecule has 0 aliphatic heterocycles. The molecule has 0 aliphatic carbocycles. The summed E-state index contributed by atoms with van der Waals surface area (Å²) < 4.78 is 5.40. The fraction of sp³-hybridized carbons (Fsp3) is 0.333. The van der Waals surface area contributed by atoms with E-state index in [1.165, 1.54) is 10.4 Å². The maximum Gasteiger partial charge on any atom is 0.192 e. The molecule has 0 saturated carbocycles. The Labute approximate surface area is 187 Å². The van der Waals surface area contributed by atoms with Crippen molar-refractivity contribution in [3.8, 4) is 0 Å². The molecular formula is C21H27IN4OS. The third kappa shape index (κ3) is 6.63. The standard InChI is InChI=1S/C21H26N4OS.HI/c1-15-17(3)27-20(24-15)14-23-21(22-12-11-19-10-7-13-26-19)25-16(2)18-8-5-4-6-9-18;/h4-10,13,16H,11-12,14H2,1-3H3,(H2,22,23,25);1H. The van der Waals surface area contributed by atoms with Crippen molar-refractivity contribution in [2.45, 2.75) is 39.8 Å². The summed E-state index contributed by atoms with van der Waals surface area (Å²) in [6.45, 7) is 7.58. The predicted octanol–water partition coefficient (Wildman–Crippen LogP) is 5.01. The van der Waals surface area contributed by atoms with Crippen LogP contribution in [0.5, 0.6) is 0 Å². The molecule has 0 bridgehead atoms. The molecular weight excluding hydrogens is 483 g/mol. The number of thiazole rings is 1. The summed E-state index contributed by atoms with van der Waals surface area (Å²) in [4.78, 5) is 10.6. The maximum atomic E-state index is 5.40. The van der Waals surface area contributed by atoms with Crippen molar-refractivity contribution in [3.05, 3.63) is 75.6 Å². The van der Waals surface area contributed by atoms with Gasteiger partial charge in [0.15, 0.2) is 5.96 Å². The van der Waals surface area contributed by atoms with Gasteiger partial charge in [-0.2, -0.15) is 0 Å². The van der Waals surface area contributed by atoms with Crippen LogP contribution in [0.2, 0.25) is 0 Å².